The third kappa shape index (κ3) is 3.24. The summed E-state index contributed by atoms with van der Waals surface area (Å²) in [5, 5.41) is 3.37. The zero-order chi connectivity index (χ0) is 12.0. The smallest absolute Gasteiger partial charge is 0.123 e. The molecule has 1 aliphatic rings. The summed E-state index contributed by atoms with van der Waals surface area (Å²) in [6.07, 6.45) is 1.34. The first-order chi connectivity index (χ1) is 7.77. The summed E-state index contributed by atoms with van der Waals surface area (Å²) >= 11 is 0. The molecule has 0 bridgehead atoms. The summed E-state index contributed by atoms with van der Waals surface area (Å²) in [6.45, 7) is 10.2. The normalized spacial score (nSPS) is 13.8. The summed E-state index contributed by atoms with van der Waals surface area (Å²) in [6, 6.07) is 6.32. The van der Waals surface area contributed by atoms with E-state index in [0.29, 0.717) is 0 Å². The average Bonchev–Trinajstić information content (AvgIpc) is 2.31. The molecule has 1 aromatic carbocycles. The summed E-state index contributed by atoms with van der Waals surface area (Å²) in [5.74, 6) is 1.07. The van der Waals surface area contributed by atoms with Crippen LogP contribution in [0.2, 0.25) is 0 Å². The molecule has 0 radical (unpaired) electrons. The lowest BCUT2D eigenvalue weighted by Crippen LogP contribution is -2.24. The van der Waals surface area contributed by atoms with Gasteiger partial charge in [-0.05, 0) is 44.0 Å². The van der Waals surface area contributed by atoms with Gasteiger partial charge in [0.05, 0.1) is 6.10 Å². The maximum absolute atomic E-state index is 5.78. The topological polar surface area (TPSA) is 21.3 Å². The third-order valence-corrected chi connectivity index (χ3v) is 2.46. The van der Waals surface area contributed by atoms with Gasteiger partial charge in [0.2, 0.25) is 0 Å². The van der Waals surface area contributed by atoms with E-state index in [-0.39, 0.29) is 6.10 Å². The number of ether oxygens (including phenoxy) is 1. The van der Waals surface area contributed by atoms with Gasteiger partial charge in [0.1, 0.15) is 5.75 Å². The lowest BCUT2D eigenvalue weighted by molar-refractivity contribution is 0.239. The lowest BCUT2D eigenvalue weighted by Gasteiger charge is -2.21. The molecule has 0 amide bonds. The fraction of sp³-hybridized carbons (Fsp3) is 0.571. The van der Waals surface area contributed by atoms with Gasteiger partial charge >= 0.3 is 0 Å². The van der Waals surface area contributed by atoms with Gasteiger partial charge in [-0.2, -0.15) is 0 Å². The van der Waals surface area contributed by atoms with Gasteiger partial charge < -0.3 is 10.1 Å². The van der Waals surface area contributed by atoms with Crippen LogP contribution in [-0.4, -0.2) is 12.6 Å². The van der Waals surface area contributed by atoms with Crippen LogP contribution in [0.4, 0.5) is 0 Å². The molecule has 0 spiro atoms. The molecular formula is C14H23NO. The van der Waals surface area contributed by atoms with Crippen LogP contribution in [0.5, 0.6) is 5.75 Å². The second-order valence-corrected chi connectivity index (χ2v) is 3.99. The van der Waals surface area contributed by atoms with Crippen LogP contribution in [0.1, 0.15) is 38.8 Å². The van der Waals surface area contributed by atoms with Crippen LogP contribution in [0.3, 0.4) is 0 Å². The first kappa shape index (κ1) is 13.0. The molecule has 0 aromatic heterocycles. The van der Waals surface area contributed by atoms with Crippen molar-refractivity contribution in [3.63, 3.8) is 0 Å². The molecule has 0 fully saturated rings. The molecule has 2 heteroatoms. The van der Waals surface area contributed by atoms with Crippen molar-refractivity contribution in [1.29, 1.82) is 0 Å². The number of rotatable bonds is 2. The molecule has 0 saturated heterocycles. The van der Waals surface area contributed by atoms with Gasteiger partial charge in [-0.15, -0.1) is 0 Å². The fourth-order valence-electron chi connectivity index (χ4n) is 1.86. The Hall–Kier alpha value is -1.02. The molecule has 0 aliphatic carbocycles. The van der Waals surface area contributed by atoms with Crippen LogP contribution >= 0.6 is 0 Å². The van der Waals surface area contributed by atoms with Crippen molar-refractivity contribution in [2.24, 2.45) is 0 Å². The standard InChI is InChI=1S/C12H17NO.C2H6/c1-9(2)14-12-5-3-4-10-8-13-7-6-11(10)12;1-2/h3-5,9,13H,6-8H2,1-2H3;1-2H3. The van der Waals surface area contributed by atoms with Gasteiger partial charge in [-0.25, -0.2) is 0 Å². The minimum atomic E-state index is 0.261. The van der Waals surface area contributed by atoms with Gasteiger partial charge in [-0.1, -0.05) is 26.0 Å². The molecular weight excluding hydrogens is 198 g/mol. The molecule has 1 aliphatic heterocycles. The van der Waals surface area contributed by atoms with Gasteiger partial charge in [-0.3, -0.25) is 0 Å². The zero-order valence-electron chi connectivity index (χ0n) is 10.8. The molecule has 1 heterocycles. The summed E-state index contributed by atoms with van der Waals surface area (Å²) < 4.78 is 5.78. The van der Waals surface area contributed by atoms with E-state index in [1.807, 2.05) is 13.8 Å². The highest BCUT2D eigenvalue weighted by Crippen LogP contribution is 2.25. The maximum Gasteiger partial charge on any atom is 0.123 e. The summed E-state index contributed by atoms with van der Waals surface area (Å²) in [5.41, 5.74) is 2.77. The monoisotopic (exact) mass is 221 g/mol. The van der Waals surface area contributed by atoms with Crippen molar-refractivity contribution in [2.45, 2.75) is 46.8 Å². The second-order valence-electron chi connectivity index (χ2n) is 3.99. The quantitative estimate of drug-likeness (QED) is 0.828. The van der Waals surface area contributed by atoms with Crippen molar-refractivity contribution in [3.05, 3.63) is 29.3 Å². The minimum absolute atomic E-state index is 0.261. The van der Waals surface area contributed by atoms with E-state index in [1.165, 1.54) is 11.1 Å². The van der Waals surface area contributed by atoms with E-state index >= 15 is 0 Å². The average molecular weight is 221 g/mol. The highest BCUT2D eigenvalue weighted by atomic mass is 16.5. The molecule has 2 nitrogen and oxygen atoms in total. The van der Waals surface area contributed by atoms with Crippen molar-refractivity contribution < 1.29 is 4.74 Å². The van der Waals surface area contributed by atoms with Crippen LogP contribution < -0.4 is 10.1 Å². The Balaban J connectivity index is 0.000000606. The molecule has 1 N–H and O–H groups in total. The van der Waals surface area contributed by atoms with E-state index in [0.717, 1.165) is 25.3 Å². The van der Waals surface area contributed by atoms with Gasteiger partial charge in [0.15, 0.2) is 0 Å². The van der Waals surface area contributed by atoms with E-state index < -0.39 is 0 Å². The largest absolute Gasteiger partial charge is 0.491 e. The van der Waals surface area contributed by atoms with Crippen molar-refractivity contribution in [1.82, 2.24) is 5.32 Å². The number of fused-ring (bicyclic) bond motifs is 1. The Bertz CT molecular complexity index is 321. The molecule has 0 saturated carbocycles. The number of benzene rings is 1. The molecule has 2 rings (SSSR count). The maximum atomic E-state index is 5.78. The van der Waals surface area contributed by atoms with Crippen molar-refractivity contribution in [2.75, 3.05) is 6.54 Å². The van der Waals surface area contributed by atoms with E-state index in [2.05, 4.69) is 37.4 Å². The Morgan fingerprint density at radius 1 is 1.25 bits per heavy atom. The third-order valence-electron chi connectivity index (χ3n) is 2.46. The molecule has 90 valence electrons. The number of hydrogen-bond acceptors (Lipinski definition) is 2. The SMILES string of the molecule is CC.CC(C)Oc1cccc2c1CCNC2. The van der Waals surface area contributed by atoms with E-state index in [9.17, 15) is 0 Å². The van der Waals surface area contributed by atoms with Crippen molar-refractivity contribution in [3.8, 4) is 5.75 Å². The van der Waals surface area contributed by atoms with E-state index in [1.54, 1.807) is 0 Å². The van der Waals surface area contributed by atoms with Crippen LogP contribution in [-0.2, 0) is 13.0 Å². The Morgan fingerprint density at radius 2 is 2.00 bits per heavy atom. The highest BCUT2D eigenvalue weighted by molar-refractivity contribution is 5.41. The molecule has 0 atom stereocenters. The Labute approximate surface area is 99.0 Å². The highest BCUT2D eigenvalue weighted by Gasteiger charge is 2.13. The molecule has 16 heavy (non-hydrogen) atoms. The number of nitrogens with one attached hydrogen (secondary N) is 1. The van der Waals surface area contributed by atoms with Gasteiger partial charge in [0.25, 0.3) is 0 Å². The second kappa shape index (κ2) is 6.54. The fourth-order valence-corrected chi connectivity index (χ4v) is 1.86. The first-order valence-electron chi connectivity index (χ1n) is 6.25. The summed E-state index contributed by atoms with van der Waals surface area (Å²) in [7, 11) is 0. The Kier molecular flexibility index (Phi) is 5.33. The van der Waals surface area contributed by atoms with Crippen LogP contribution in [0.25, 0.3) is 0 Å². The minimum Gasteiger partial charge on any atom is -0.491 e. The first-order valence-corrected chi connectivity index (χ1v) is 6.25. The van der Waals surface area contributed by atoms with Gasteiger partial charge in [0, 0.05) is 6.54 Å². The molecule has 0 unspecified atom stereocenters. The van der Waals surface area contributed by atoms with E-state index in [4.69, 9.17) is 4.74 Å². The summed E-state index contributed by atoms with van der Waals surface area (Å²) in [4.78, 5) is 0. The van der Waals surface area contributed by atoms with Crippen LogP contribution in [0, 0.1) is 0 Å². The van der Waals surface area contributed by atoms with Crippen molar-refractivity contribution >= 4 is 0 Å². The lowest BCUT2D eigenvalue weighted by atomic mass is 10.00. The zero-order valence-corrected chi connectivity index (χ0v) is 10.8. The molecule has 1 aromatic rings. The Morgan fingerprint density at radius 3 is 2.69 bits per heavy atom. The number of hydrogen-bond donors (Lipinski definition) is 1. The van der Waals surface area contributed by atoms with Crippen LogP contribution in [0.15, 0.2) is 18.2 Å². The predicted molar refractivity (Wildman–Crippen MR) is 69.0 cm³/mol. The predicted octanol–water partition coefficient (Wildman–Crippen LogP) is 3.15.